The van der Waals surface area contributed by atoms with Crippen LogP contribution in [0.5, 0.6) is 46.0 Å². The lowest BCUT2D eigenvalue weighted by Crippen LogP contribution is -1.95. The predicted molar refractivity (Wildman–Crippen MR) is 350 cm³/mol. The van der Waals surface area contributed by atoms with Crippen molar-refractivity contribution >= 4 is 45.5 Å². The van der Waals surface area contributed by atoms with E-state index in [1.807, 2.05) is 218 Å². The second-order valence-corrected chi connectivity index (χ2v) is 19.9. The molecule has 13 nitrogen and oxygen atoms in total. The van der Waals surface area contributed by atoms with Crippen LogP contribution in [0.4, 0.5) is 45.5 Å². The first-order valence-corrected chi connectivity index (χ1v) is 27.7. The minimum atomic E-state index is 0.520. The van der Waals surface area contributed by atoms with Crippen LogP contribution in [0.15, 0.2) is 267 Å². The maximum atomic E-state index is 5.85. The van der Waals surface area contributed by atoms with Crippen molar-refractivity contribution in [3.8, 4) is 46.0 Å². The van der Waals surface area contributed by atoms with Gasteiger partial charge in [0, 0.05) is 45.5 Å². The average Bonchev–Trinajstić information content (AvgIpc) is 3.58. The van der Waals surface area contributed by atoms with Crippen LogP contribution < -0.4 is 64.8 Å². The molecule has 0 unspecified atom stereocenters. The molecule has 16 N–H and O–H groups in total. The molecule has 0 heterocycles. The summed E-state index contributed by atoms with van der Waals surface area (Å²) in [5.74, 6) is 6.26. The zero-order valence-electron chi connectivity index (χ0n) is 47.3. The Morgan fingerprint density at radius 3 is 0.576 bits per heavy atom. The number of ether oxygens (including phenoxy) is 5. The van der Waals surface area contributed by atoms with Gasteiger partial charge in [-0.1, -0.05) is 72.8 Å². The van der Waals surface area contributed by atoms with Crippen molar-refractivity contribution in [2.45, 2.75) is 38.9 Å². The molecule has 0 spiro atoms. The van der Waals surface area contributed by atoms with Gasteiger partial charge in [0.05, 0.1) is 13.2 Å². The first kappa shape index (κ1) is 60.1. The minimum absolute atomic E-state index is 0.520. The Labute approximate surface area is 497 Å². The van der Waals surface area contributed by atoms with Gasteiger partial charge in [0.1, 0.15) is 46.0 Å². The highest BCUT2D eigenvalue weighted by atomic mass is 16.5. The molecule has 0 atom stereocenters. The lowest BCUT2D eigenvalue weighted by Gasteiger charge is -2.09. The van der Waals surface area contributed by atoms with E-state index in [0.29, 0.717) is 24.6 Å². The Morgan fingerprint density at radius 1 is 0.188 bits per heavy atom. The topological polar surface area (TPSA) is 254 Å². The average molecular weight is 1130 g/mol. The highest BCUT2D eigenvalue weighted by Crippen LogP contribution is 2.28. The first-order valence-electron chi connectivity index (χ1n) is 27.7. The van der Waals surface area contributed by atoms with Gasteiger partial charge in [-0.15, -0.1) is 0 Å². The van der Waals surface area contributed by atoms with Crippen LogP contribution in [-0.4, -0.2) is 0 Å². The van der Waals surface area contributed by atoms with Gasteiger partial charge in [0.2, 0.25) is 0 Å². The van der Waals surface area contributed by atoms with Crippen molar-refractivity contribution in [1.82, 2.24) is 0 Å². The fourth-order valence-electron chi connectivity index (χ4n) is 8.23. The van der Waals surface area contributed by atoms with E-state index in [1.54, 1.807) is 24.3 Å². The summed E-state index contributed by atoms with van der Waals surface area (Å²) in [5.41, 5.74) is 58.0. The highest BCUT2D eigenvalue weighted by molar-refractivity contribution is 5.50. The number of nitrogen functional groups attached to an aromatic ring is 8. The zero-order valence-corrected chi connectivity index (χ0v) is 47.3. The van der Waals surface area contributed by atoms with Crippen LogP contribution in [0.1, 0.15) is 39.8 Å². The third kappa shape index (κ3) is 21.4. The number of anilines is 8. The van der Waals surface area contributed by atoms with Crippen molar-refractivity contribution in [3.05, 3.63) is 300 Å². The summed E-state index contributed by atoms with van der Waals surface area (Å²) in [7, 11) is 0. The number of hydrogen-bond donors (Lipinski definition) is 8. The summed E-state index contributed by atoms with van der Waals surface area (Å²) in [6.07, 6.45) is 4.04. The van der Waals surface area contributed by atoms with Crippen LogP contribution in [0.2, 0.25) is 0 Å². The molecular formula is C72H72N8O5. The van der Waals surface area contributed by atoms with Gasteiger partial charge in [0.25, 0.3) is 0 Å². The van der Waals surface area contributed by atoms with Gasteiger partial charge in [-0.25, -0.2) is 0 Å². The van der Waals surface area contributed by atoms with E-state index in [1.165, 1.54) is 22.3 Å². The van der Waals surface area contributed by atoms with Crippen LogP contribution >= 0.6 is 0 Å². The molecule has 0 aliphatic rings. The molecule has 85 heavy (non-hydrogen) atoms. The molecule has 11 aromatic carbocycles. The molecule has 0 fully saturated rings. The molecule has 430 valence electrons. The fourth-order valence-corrected chi connectivity index (χ4v) is 8.23. The van der Waals surface area contributed by atoms with Gasteiger partial charge < -0.3 is 69.6 Å². The molecule has 0 bridgehead atoms. The Hall–Kier alpha value is -11.0. The minimum Gasteiger partial charge on any atom is -0.457 e. The molecule has 0 aliphatic heterocycles. The Morgan fingerprint density at radius 2 is 0.353 bits per heavy atom. The maximum Gasteiger partial charge on any atom is 0.127 e. The van der Waals surface area contributed by atoms with Crippen molar-refractivity contribution in [3.63, 3.8) is 0 Å². The quantitative estimate of drug-likeness (QED) is 0.0373. The number of rotatable bonds is 18. The summed E-state index contributed by atoms with van der Waals surface area (Å²) < 4.78 is 29.1. The van der Waals surface area contributed by atoms with Crippen molar-refractivity contribution in [2.75, 3.05) is 45.9 Å². The van der Waals surface area contributed by atoms with Crippen LogP contribution in [0.3, 0.4) is 0 Å². The monoisotopic (exact) mass is 1130 g/mol. The normalized spacial score (nSPS) is 10.4. The Bertz CT molecular complexity index is 3250. The number of benzene rings is 11. The Balaban J connectivity index is 0.000000163. The lowest BCUT2D eigenvalue weighted by atomic mass is 10.0. The number of aryl methyl sites for hydroxylation is 2. The summed E-state index contributed by atoms with van der Waals surface area (Å²) in [5, 5.41) is 0. The van der Waals surface area contributed by atoms with E-state index in [2.05, 4.69) is 24.3 Å². The molecule has 11 aromatic rings. The molecule has 11 rings (SSSR count). The maximum absolute atomic E-state index is 5.85. The third-order valence-electron chi connectivity index (χ3n) is 12.9. The van der Waals surface area contributed by atoms with Gasteiger partial charge in [-0.3, -0.25) is 0 Å². The molecule has 13 heteroatoms. The first-order chi connectivity index (χ1) is 41.3. The summed E-state index contributed by atoms with van der Waals surface area (Å²) in [6, 6.07) is 84.6. The van der Waals surface area contributed by atoms with E-state index in [-0.39, 0.29) is 0 Å². The standard InChI is InChI=1S/C27H26N2O2.C26H24N2O3.C13H14N2.C6H8N2/c28-22-8-16-26(17-9-22)30-24-12-4-20(5-13-24)2-1-3-21-6-14-25(15-7-21)31-27-18-10-23(29)11-19-27;27-21-5-13-25(14-6-21)30-23-9-1-19(2-10-23)17-29-18-20-3-11-24(12-4-20)31-26-15-7-22(28)8-16-26;14-12-5-1-10(2-6-12)9-11-3-7-13(15)8-4-11;7-5-1-2-6(8)4-3-5/h4-19H,1-3,28-29H2;1-16H,17-18,27-28H2;1-8H,9,14-15H2;1-4H,7-8H2. The largest absolute Gasteiger partial charge is 0.457 e. The van der Waals surface area contributed by atoms with E-state index >= 15 is 0 Å². The van der Waals surface area contributed by atoms with Crippen LogP contribution in [0.25, 0.3) is 0 Å². The second kappa shape index (κ2) is 31.3. The molecule has 0 aromatic heterocycles. The van der Waals surface area contributed by atoms with E-state index in [9.17, 15) is 0 Å². The Kier molecular flexibility index (Phi) is 22.1. The summed E-state index contributed by atoms with van der Waals surface area (Å²) in [6.45, 7) is 1.04. The molecule has 0 amide bonds. The number of hydrogen-bond acceptors (Lipinski definition) is 13. The smallest absolute Gasteiger partial charge is 0.127 e. The SMILES string of the molecule is Nc1ccc(Cc2ccc(N)cc2)cc1.Nc1ccc(N)cc1.Nc1ccc(Oc2ccc(CCCc3ccc(Oc4ccc(N)cc4)cc3)cc2)cc1.Nc1ccc(Oc2ccc(COCc3ccc(Oc4ccc(N)cc4)cc3)cc2)cc1. The predicted octanol–water partition coefficient (Wildman–Crippen LogP) is 16.1. The van der Waals surface area contributed by atoms with Gasteiger partial charge in [0.15, 0.2) is 0 Å². The van der Waals surface area contributed by atoms with Crippen LogP contribution in [0, 0.1) is 0 Å². The lowest BCUT2D eigenvalue weighted by molar-refractivity contribution is 0.107. The molecule has 0 saturated carbocycles. The number of nitrogens with two attached hydrogens (primary N) is 8. The van der Waals surface area contributed by atoms with E-state index < -0.39 is 0 Å². The van der Waals surface area contributed by atoms with E-state index in [0.717, 1.165) is 117 Å². The zero-order chi connectivity index (χ0) is 59.6. The summed E-state index contributed by atoms with van der Waals surface area (Å²) >= 11 is 0. The van der Waals surface area contributed by atoms with Crippen molar-refractivity contribution in [2.24, 2.45) is 0 Å². The van der Waals surface area contributed by atoms with Gasteiger partial charge >= 0.3 is 0 Å². The van der Waals surface area contributed by atoms with Crippen molar-refractivity contribution < 1.29 is 23.7 Å². The fraction of sp³-hybridized carbons (Fsp3) is 0.0833. The van der Waals surface area contributed by atoms with Crippen molar-refractivity contribution in [1.29, 1.82) is 0 Å². The highest BCUT2D eigenvalue weighted by Gasteiger charge is 2.05. The third-order valence-corrected chi connectivity index (χ3v) is 12.9. The van der Waals surface area contributed by atoms with E-state index in [4.69, 9.17) is 69.6 Å². The molecular weight excluding hydrogens is 1060 g/mol. The second-order valence-electron chi connectivity index (χ2n) is 19.9. The summed E-state index contributed by atoms with van der Waals surface area (Å²) in [4.78, 5) is 0. The molecule has 0 aliphatic carbocycles. The molecule has 0 saturated heterocycles. The van der Waals surface area contributed by atoms with Crippen LogP contribution in [-0.2, 0) is 37.2 Å². The molecule has 0 radical (unpaired) electrons. The van der Waals surface area contributed by atoms with Gasteiger partial charge in [-0.2, -0.15) is 0 Å². The van der Waals surface area contributed by atoms with Gasteiger partial charge in [-0.05, 0) is 253 Å².